The lowest BCUT2D eigenvalue weighted by Gasteiger charge is -2.18. The van der Waals surface area contributed by atoms with Crippen LogP contribution in [0.5, 0.6) is 0 Å². The minimum absolute atomic E-state index is 0.0169. The number of Topliss-reactive ketones (excluding diaryl/α,β-unsaturated/α-hetero) is 1. The first kappa shape index (κ1) is 40.2. The molecule has 0 radical (unpaired) electrons. The number of hydrogen-bond acceptors (Lipinski definition) is 11. The summed E-state index contributed by atoms with van der Waals surface area (Å²) in [5.74, 6) is -2.98. The van der Waals surface area contributed by atoms with E-state index in [0.717, 1.165) is 18.4 Å². The molecule has 5 rings (SSSR count). The van der Waals surface area contributed by atoms with Crippen LogP contribution in [-0.4, -0.2) is 71.7 Å². The molecule has 2 fully saturated rings. The number of carbonyl (C=O) groups excluding carboxylic acids is 6. The van der Waals surface area contributed by atoms with Gasteiger partial charge < -0.3 is 30.3 Å². The SMILES string of the molecule is C=Cc1cc(C(=O)Cc2ccc(C(=N)CC(=O)OC[C@@H]3CCC(=O)N3)cc2)c(-c2ccc(C(=O)NCC3CC3)nc2C(=O)OC(C)OC(=O)C(C)C)cc1C. The minimum Gasteiger partial charge on any atom is -0.463 e. The van der Waals surface area contributed by atoms with Crippen LogP contribution in [0.1, 0.15) is 106 Å². The molecule has 1 unspecified atom stereocenters. The molecule has 2 aliphatic rings. The monoisotopic (exact) mass is 750 g/mol. The summed E-state index contributed by atoms with van der Waals surface area (Å²) in [6.45, 7) is 11.0. The molecule has 2 heterocycles. The first-order valence-corrected chi connectivity index (χ1v) is 18.4. The number of ketones is 1. The number of rotatable bonds is 17. The number of nitrogens with one attached hydrogen (secondary N) is 3. The Labute approximate surface area is 319 Å². The fourth-order valence-electron chi connectivity index (χ4n) is 5.93. The summed E-state index contributed by atoms with van der Waals surface area (Å²) in [5, 5.41) is 14.0. The predicted octanol–water partition coefficient (Wildman–Crippen LogP) is 5.55. The summed E-state index contributed by atoms with van der Waals surface area (Å²) in [6.07, 6.45) is 3.11. The van der Waals surface area contributed by atoms with Gasteiger partial charge in [0.05, 0.1) is 18.4 Å². The zero-order chi connectivity index (χ0) is 39.8. The number of ether oxygens (including phenoxy) is 3. The zero-order valence-corrected chi connectivity index (χ0v) is 31.5. The van der Waals surface area contributed by atoms with Gasteiger partial charge >= 0.3 is 17.9 Å². The third kappa shape index (κ3) is 10.8. The number of nitrogens with zero attached hydrogens (tertiary/aromatic N) is 1. The van der Waals surface area contributed by atoms with E-state index in [1.54, 1.807) is 62.4 Å². The van der Waals surface area contributed by atoms with Crippen LogP contribution >= 0.6 is 0 Å². The van der Waals surface area contributed by atoms with Crippen LogP contribution in [-0.2, 0) is 35.0 Å². The van der Waals surface area contributed by atoms with Crippen LogP contribution < -0.4 is 10.6 Å². The van der Waals surface area contributed by atoms with Gasteiger partial charge in [-0.25, -0.2) is 9.78 Å². The van der Waals surface area contributed by atoms with Gasteiger partial charge in [-0.1, -0.05) is 56.8 Å². The second-order valence-corrected chi connectivity index (χ2v) is 14.2. The topological polar surface area (TPSA) is 191 Å². The maximum Gasteiger partial charge on any atom is 0.360 e. The molecule has 2 amide bonds. The van der Waals surface area contributed by atoms with Crippen LogP contribution in [0, 0.1) is 24.2 Å². The molecule has 288 valence electrons. The summed E-state index contributed by atoms with van der Waals surface area (Å²) in [5.41, 5.74) is 3.24. The van der Waals surface area contributed by atoms with Crippen LogP contribution in [0.15, 0.2) is 55.1 Å². The Bertz CT molecular complexity index is 2020. The zero-order valence-electron chi connectivity index (χ0n) is 31.5. The largest absolute Gasteiger partial charge is 0.463 e. The van der Waals surface area contributed by atoms with E-state index in [1.165, 1.54) is 13.0 Å². The van der Waals surface area contributed by atoms with Gasteiger partial charge in [-0.15, -0.1) is 0 Å². The van der Waals surface area contributed by atoms with Crippen molar-refractivity contribution in [2.24, 2.45) is 11.8 Å². The molecular formula is C42H46N4O9. The maximum absolute atomic E-state index is 14.1. The lowest BCUT2D eigenvalue weighted by atomic mass is 9.89. The Kier molecular flexibility index (Phi) is 13.1. The van der Waals surface area contributed by atoms with Gasteiger partial charge in [0.25, 0.3) is 5.91 Å². The highest BCUT2D eigenvalue weighted by Crippen LogP contribution is 2.32. The molecule has 55 heavy (non-hydrogen) atoms. The van der Waals surface area contributed by atoms with Crippen LogP contribution in [0.25, 0.3) is 17.2 Å². The van der Waals surface area contributed by atoms with Gasteiger partial charge in [0.15, 0.2) is 11.5 Å². The molecule has 13 nitrogen and oxygen atoms in total. The van der Waals surface area contributed by atoms with Gasteiger partial charge in [0.2, 0.25) is 12.2 Å². The Hall–Kier alpha value is -5.98. The molecule has 3 N–H and O–H groups in total. The number of aromatic nitrogens is 1. The summed E-state index contributed by atoms with van der Waals surface area (Å²) in [6, 6.07) is 12.9. The molecule has 0 bridgehead atoms. The average Bonchev–Trinajstić information content (AvgIpc) is 3.90. The number of benzene rings is 2. The highest BCUT2D eigenvalue weighted by atomic mass is 16.7. The molecular weight excluding hydrogens is 704 g/mol. The highest BCUT2D eigenvalue weighted by Gasteiger charge is 2.28. The van der Waals surface area contributed by atoms with Gasteiger partial charge in [0.1, 0.15) is 12.3 Å². The molecule has 13 heteroatoms. The quantitative estimate of drug-likeness (QED) is 0.0683. The average molecular weight is 751 g/mol. The normalized spacial score (nSPS) is 15.4. The van der Waals surface area contributed by atoms with Crippen LogP contribution in [0.2, 0.25) is 0 Å². The van der Waals surface area contributed by atoms with Crippen molar-refractivity contribution in [3.8, 4) is 11.1 Å². The summed E-state index contributed by atoms with van der Waals surface area (Å²) in [4.78, 5) is 81.2. The number of carbonyl (C=O) groups is 6. The number of hydrogen-bond donors (Lipinski definition) is 3. The van der Waals surface area contributed by atoms with Crippen molar-refractivity contribution >= 4 is 47.3 Å². The van der Waals surface area contributed by atoms with E-state index in [9.17, 15) is 28.8 Å². The van der Waals surface area contributed by atoms with E-state index in [1.807, 2.05) is 6.92 Å². The van der Waals surface area contributed by atoms with Crippen molar-refractivity contribution in [2.45, 2.75) is 78.6 Å². The van der Waals surface area contributed by atoms with Crippen LogP contribution in [0.4, 0.5) is 0 Å². The third-order valence-corrected chi connectivity index (χ3v) is 9.33. The van der Waals surface area contributed by atoms with Gasteiger partial charge in [0, 0.05) is 43.1 Å². The summed E-state index contributed by atoms with van der Waals surface area (Å²) < 4.78 is 16.0. The van der Waals surface area contributed by atoms with Gasteiger partial charge in [-0.2, -0.15) is 0 Å². The molecule has 0 spiro atoms. The molecule has 1 aromatic heterocycles. The fraction of sp³-hybridized carbons (Fsp3) is 0.381. The minimum atomic E-state index is -1.26. The van der Waals surface area contributed by atoms with Gasteiger partial charge in [-0.05, 0) is 78.1 Å². The standard InChI is InChI=1S/C42H46N4O9/c1-6-28-19-33(36(47)18-26-9-11-29(12-10-26)34(43)20-38(49)53-22-30-13-16-37(48)45-30)32(17-24(28)4)31-14-15-35(40(50)44-21-27-7-8-27)46-39(31)42(52)55-25(5)54-41(51)23(2)3/h6,9-12,14-15,17,19,23,25,27,30,43H,1,7-8,13,16,18,20-22H2,2-5H3,(H,44,50)(H,45,48)/t25?,30-/m0/s1. The first-order valence-electron chi connectivity index (χ1n) is 18.4. The molecule has 1 saturated heterocycles. The number of pyridine rings is 1. The molecule has 1 saturated carbocycles. The molecule has 2 aromatic carbocycles. The number of aryl methyl sites for hydroxylation is 1. The van der Waals surface area contributed by atoms with E-state index < -0.39 is 36.0 Å². The van der Waals surface area contributed by atoms with E-state index in [-0.39, 0.29) is 65.4 Å². The Morgan fingerprint density at radius 2 is 1.73 bits per heavy atom. The Morgan fingerprint density at radius 1 is 1.00 bits per heavy atom. The van der Waals surface area contributed by atoms with E-state index in [4.69, 9.17) is 19.6 Å². The molecule has 3 aromatic rings. The maximum atomic E-state index is 14.1. The van der Waals surface area contributed by atoms with E-state index in [0.29, 0.717) is 47.6 Å². The van der Waals surface area contributed by atoms with Crippen molar-refractivity contribution in [1.29, 1.82) is 5.41 Å². The van der Waals surface area contributed by atoms with Crippen molar-refractivity contribution in [3.63, 3.8) is 0 Å². The Balaban J connectivity index is 1.38. The predicted molar refractivity (Wildman–Crippen MR) is 203 cm³/mol. The number of esters is 3. The highest BCUT2D eigenvalue weighted by molar-refractivity contribution is 6.09. The lowest BCUT2D eigenvalue weighted by molar-refractivity contribution is -0.169. The fourth-order valence-corrected chi connectivity index (χ4v) is 5.93. The first-order chi connectivity index (χ1) is 26.2. The second-order valence-electron chi connectivity index (χ2n) is 14.2. The van der Waals surface area contributed by atoms with Crippen molar-refractivity contribution in [1.82, 2.24) is 15.6 Å². The van der Waals surface area contributed by atoms with Gasteiger partial charge in [-0.3, -0.25) is 24.0 Å². The lowest BCUT2D eigenvalue weighted by Crippen LogP contribution is -2.31. The molecule has 1 aliphatic heterocycles. The third-order valence-electron chi connectivity index (χ3n) is 9.33. The number of amides is 2. The van der Waals surface area contributed by atoms with Crippen molar-refractivity contribution < 1.29 is 43.0 Å². The van der Waals surface area contributed by atoms with E-state index in [2.05, 4.69) is 22.2 Å². The van der Waals surface area contributed by atoms with Crippen LogP contribution in [0.3, 0.4) is 0 Å². The summed E-state index contributed by atoms with van der Waals surface area (Å²) in [7, 11) is 0. The molecule has 2 atom stereocenters. The second kappa shape index (κ2) is 17.9. The van der Waals surface area contributed by atoms with Crippen molar-refractivity contribution in [3.05, 3.63) is 94.3 Å². The summed E-state index contributed by atoms with van der Waals surface area (Å²) >= 11 is 0. The molecule has 1 aliphatic carbocycles. The smallest absolute Gasteiger partial charge is 0.360 e. The van der Waals surface area contributed by atoms with Crippen molar-refractivity contribution in [2.75, 3.05) is 13.2 Å². The van der Waals surface area contributed by atoms with E-state index >= 15 is 0 Å². The Morgan fingerprint density at radius 3 is 2.36 bits per heavy atom.